The van der Waals surface area contributed by atoms with Gasteiger partial charge in [-0.05, 0) is 12.5 Å². The number of rotatable bonds is 7. The van der Waals surface area contributed by atoms with Crippen LogP contribution in [-0.4, -0.2) is 22.8 Å². The minimum Gasteiger partial charge on any atom is -0.355 e. The number of ketones is 1. The van der Waals surface area contributed by atoms with Crippen molar-refractivity contribution in [2.75, 3.05) is 6.54 Å². The number of carbonyl (C=O) groups excluding carboxylic acids is 2. The van der Waals surface area contributed by atoms with Gasteiger partial charge in [0.2, 0.25) is 5.91 Å². The Labute approximate surface area is 102 Å². The van der Waals surface area contributed by atoms with Gasteiger partial charge in [0.05, 0.1) is 0 Å². The number of unbranched alkanes of at least 4 members (excludes halogenated alkanes) is 1. The molecule has 1 amide bonds. The molecule has 0 aliphatic heterocycles. The van der Waals surface area contributed by atoms with Crippen molar-refractivity contribution in [3.8, 4) is 0 Å². The van der Waals surface area contributed by atoms with Gasteiger partial charge in [0, 0.05) is 30.9 Å². The lowest BCUT2D eigenvalue weighted by atomic mass is 10.2. The van der Waals surface area contributed by atoms with E-state index in [-0.39, 0.29) is 18.2 Å². The molecule has 1 aromatic rings. The standard InChI is InChI=1S/C13H20N2O2/c1-3-5-7-14-13(17)10-15-8-6-11(9-15)12(16)4-2/h6,8-9H,3-5,7,10H2,1-2H3,(H,14,17). The molecule has 94 valence electrons. The van der Waals surface area contributed by atoms with E-state index in [1.807, 2.05) is 6.92 Å². The van der Waals surface area contributed by atoms with Gasteiger partial charge in [0.1, 0.15) is 6.54 Å². The molecule has 0 unspecified atom stereocenters. The van der Waals surface area contributed by atoms with E-state index in [2.05, 4.69) is 12.2 Å². The Morgan fingerprint density at radius 3 is 2.76 bits per heavy atom. The molecule has 4 nitrogen and oxygen atoms in total. The Balaban J connectivity index is 2.43. The number of nitrogens with zero attached hydrogens (tertiary/aromatic N) is 1. The molecule has 1 heterocycles. The fourth-order valence-corrected chi connectivity index (χ4v) is 1.53. The van der Waals surface area contributed by atoms with Gasteiger partial charge in [-0.25, -0.2) is 0 Å². The Morgan fingerprint density at radius 2 is 2.12 bits per heavy atom. The fraction of sp³-hybridized carbons (Fsp3) is 0.538. The van der Waals surface area contributed by atoms with Gasteiger partial charge in [-0.3, -0.25) is 9.59 Å². The summed E-state index contributed by atoms with van der Waals surface area (Å²) < 4.78 is 1.74. The van der Waals surface area contributed by atoms with Gasteiger partial charge in [0.15, 0.2) is 5.78 Å². The summed E-state index contributed by atoms with van der Waals surface area (Å²) in [5.41, 5.74) is 0.675. The highest BCUT2D eigenvalue weighted by Crippen LogP contribution is 2.04. The van der Waals surface area contributed by atoms with Crippen molar-refractivity contribution in [1.29, 1.82) is 0 Å². The Hall–Kier alpha value is -1.58. The number of aromatic nitrogens is 1. The number of hydrogen-bond acceptors (Lipinski definition) is 2. The summed E-state index contributed by atoms with van der Waals surface area (Å²) >= 11 is 0. The third kappa shape index (κ3) is 4.43. The first-order chi connectivity index (χ1) is 8.17. The first-order valence-electron chi connectivity index (χ1n) is 6.13. The Kier molecular flexibility index (Phi) is 5.46. The van der Waals surface area contributed by atoms with Crippen LogP contribution in [0.25, 0.3) is 0 Å². The second kappa shape index (κ2) is 6.89. The molecule has 0 aliphatic rings. The molecule has 1 aromatic heterocycles. The van der Waals surface area contributed by atoms with E-state index in [9.17, 15) is 9.59 Å². The first kappa shape index (κ1) is 13.5. The number of nitrogens with one attached hydrogen (secondary N) is 1. The molecule has 0 saturated carbocycles. The number of carbonyl (C=O) groups is 2. The number of amides is 1. The highest BCUT2D eigenvalue weighted by atomic mass is 16.2. The molecule has 0 spiro atoms. The van der Waals surface area contributed by atoms with Crippen molar-refractivity contribution in [1.82, 2.24) is 9.88 Å². The summed E-state index contributed by atoms with van der Waals surface area (Å²) in [5, 5.41) is 2.84. The Bertz CT molecular complexity index is 383. The van der Waals surface area contributed by atoms with Gasteiger partial charge < -0.3 is 9.88 Å². The van der Waals surface area contributed by atoms with E-state index in [4.69, 9.17) is 0 Å². The van der Waals surface area contributed by atoms with Crippen LogP contribution in [0.4, 0.5) is 0 Å². The first-order valence-corrected chi connectivity index (χ1v) is 6.13. The lowest BCUT2D eigenvalue weighted by Crippen LogP contribution is -2.27. The van der Waals surface area contributed by atoms with E-state index in [0.29, 0.717) is 12.0 Å². The largest absolute Gasteiger partial charge is 0.355 e. The van der Waals surface area contributed by atoms with Crippen LogP contribution in [0.15, 0.2) is 18.5 Å². The van der Waals surface area contributed by atoms with Crippen LogP contribution in [-0.2, 0) is 11.3 Å². The molecule has 0 fully saturated rings. The van der Waals surface area contributed by atoms with Crippen LogP contribution >= 0.6 is 0 Å². The molecule has 0 aromatic carbocycles. The summed E-state index contributed by atoms with van der Waals surface area (Å²) in [4.78, 5) is 22.9. The molecule has 1 N–H and O–H groups in total. The summed E-state index contributed by atoms with van der Waals surface area (Å²) in [5.74, 6) is 0.0969. The summed E-state index contributed by atoms with van der Waals surface area (Å²) in [6.07, 6.45) is 6.05. The molecule has 17 heavy (non-hydrogen) atoms. The van der Waals surface area contributed by atoms with Crippen LogP contribution in [0.3, 0.4) is 0 Å². The monoisotopic (exact) mass is 236 g/mol. The lowest BCUT2D eigenvalue weighted by molar-refractivity contribution is -0.121. The van der Waals surface area contributed by atoms with Gasteiger partial charge in [0.25, 0.3) is 0 Å². The van der Waals surface area contributed by atoms with Crippen molar-refractivity contribution in [3.63, 3.8) is 0 Å². The second-order valence-electron chi connectivity index (χ2n) is 4.05. The second-order valence-corrected chi connectivity index (χ2v) is 4.05. The highest BCUT2D eigenvalue weighted by molar-refractivity contribution is 5.95. The SMILES string of the molecule is CCCCNC(=O)Cn1ccc(C(=O)CC)c1. The maximum atomic E-state index is 11.5. The molecular weight excluding hydrogens is 216 g/mol. The van der Waals surface area contributed by atoms with Crippen LogP contribution < -0.4 is 5.32 Å². The van der Waals surface area contributed by atoms with Crippen molar-refractivity contribution in [3.05, 3.63) is 24.0 Å². The normalized spacial score (nSPS) is 10.2. The Morgan fingerprint density at radius 1 is 1.35 bits per heavy atom. The van der Waals surface area contributed by atoms with E-state index in [1.54, 1.807) is 23.0 Å². The van der Waals surface area contributed by atoms with E-state index in [1.165, 1.54) is 0 Å². The van der Waals surface area contributed by atoms with E-state index < -0.39 is 0 Å². The predicted octanol–water partition coefficient (Wildman–Crippen LogP) is 2.00. The average Bonchev–Trinajstić information content (AvgIpc) is 2.77. The van der Waals surface area contributed by atoms with Crippen LogP contribution in [0.5, 0.6) is 0 Å². The molecule has 0 atom stereocenters. The van der Waals surface area contributed by atoms with Gasteiger partial charge >= 0.3 is 0 Å². The van der Waals surface area contributed by atoms with Crippen LogP contribution in [0.2, 0.25) is 0 Å². The van der Waals surface area contributed by atoms with Crippen LogP contribution in [0.1, 0.15) is 43.5 Å². The maximum Gasteiger partial charge on any atom is 0.239 e. The fourth-order valence-electron chi connectivity index (χ4n) is 1.53. The smallest absolute Gasteiger partial charge is 0.239 e. The minimum atomic E-state index is -0.00968. The highest BCUT2D eigenvalue weighted by Gasteiger charge is 2.06. The maximum absolute atomic E-state index is 11.5. The van der Waals surface area contributed by atoms with Crippen molar-refractivity contribution >= 4 is 11.7 Å². The topological polar surface area (TPSA) is 51.1 Å². The van der Waals surface area contributed by atoms with Crippen LogP contribution in [0, 0.1) is 0 Å². The van der Waals surface area contributed by atoms with E-state index in [0.717, 1.165) is 19.4 Å². The molecule has 0 saturated heterocycles. The van der Waals surface area contributed by atoms with Crippen molar-refractivity contribution < 1.29 is 9.59 Å². The van der Waals surface area contributed by atoms with Crippen molar-refractivity contribution in [2.24, 2.45) is 0 Å². The van der Waals surface area contributed by atoms with Gasteiger partial charge in [-0.15, -0.1) is 0 Å². The van der Waals surface area contributed by atoms with E-state index >= 15 is 0 Å². The zero-order chi connectivity index (χ0) is 12.7. The third-order valence-electron chi connectivity index (χ3n) is 2.57. The number of hydrogen-bond donors (Lipinski definition) is 1. The molecule has 0 aliphatic carbocycles. The molecule has 1 rings (SSSR count). The summed E-state index contributed by atoms with van der Waals surface area (Å²) in [6, 6.07) is 1.76. The third-order valence-corrected chi connectivity index (χ3v) is 2.57. The predicted molar refractivity (Wildman–Crippen MR) is 67.0 cm³/mol. The minimum absolute atomic E-state index is 0.00968. The summed E-state index contributed by atoms with van der Waals surface area (Å²) in [7, 11) is 0. The lowest BCUT2D eigenvalue weighted by Gasteiger charge is -2.04. The zero-order valence-electron chi connectivity index (χ0n) is 10.5. The quantitative estimate of drug-likeness (QED) is 0.581. The average molecular weight is 236 g/mol. The van der Waals surface area contributed by atoms with Gasteiger partial charge in [-0.1, -0.05) is 20.3 Å². The molecule has 0 bridgehead atoms. The number of Topliss-reactive ketones (excluding diaryl/α,β-unsaturated/α-hetero) is 1. The van der Waals surface area contributed by atoms with Gasteiger partial charge in [-0.2, -0.15) is 0 Å². The molecule has 0 radical (unpaired) electrons. The molecule has 4 heteroatoms. The molecular formula is C13H20N2O2. The van der Waals surface area contributed by atoms with Crippen molar-refractivity contribution in [2.45, 2.75) is 39.7 Å². The zero-order valence-corrected chi connectivity index (χ0v) is 10.5. The summed E-state index contributed by atoms with van der Waals surface area (Å²) in [6.45, 7) is 4.91.